The highest BCUT2D eigenvalue weighted by Gasteiger charge is 2.45. The molecule has 0 radical (unpaired) electrons. The Kier molecular flexibility index (Phi) is 5.98. The van der Waals surface area contributed by atoms with Gasteiger partial charge in [-0.3, -0.25) is 4.79 Å². The van der Waals surface area contributed by atoms with Gasteiger partial charge in [0.1, 0.15) is 10.7 Å². The molecule has 1 N–H and O–H groups in total. The van der Waals surface area contributed by atoms with E-state index in [-0.39, 0.29) is 37.9 Å². The van der Waals surface area contributed by atoms with Gasteiger partial charge in [0.15, 0.2) is 0 Å². The van der Waals surface area contributed by atoms with Crippen molar-refractivity contribution in [1.82, 2.24) is 4.31 Å². The Morgan fingerprint density at radius 3 is 2.37 bits per heavy atom. The van der Waals surface area contributed by atoms with Crippen molar-refractivity contribution in [2.45, 2.75) is 29.6 Å². The molecule has 1 aliphatic heterocycles. The van der Waals surface area contributed by atoms with E-state index in [1.807, 2.05) is 24.3 Å². The minimum Gasteiger partial charge on any atom is -0.379 e. The third-order valence-corrected chi connectivity index (χ3v) is 8.26. The summed E-state index contributed by atoms with van der Waals surface area (Å²) in [5, 5.41) is 2.82. The number of rotatable bonds is 5. The van der Waals surface area contributed by atoms with Gasteiger partial charge in [0, 0.05) is 23.2 Å². The van der Waals surface area contributed by atoms with Crippen molar-refractivity contribution in [2.24, 2.45) is 0 Å². The molecule has 9 heteroatoms. The van der Waals surface area contributed by atoms with Crippen molar-refractivity contribution in [3.05, 3.63) is 58.3 Å². The van der Waals surface area contributed by atoms with Gasteiger partial charge in [-0.15, -0.1) is 0 Å². The van der Waals surface area contributed by atoms with Crippen LogP contribution in [0.2, 0.25) is 0 Å². The van der Waals surface area contributed by atoms with Crippen LogP contribution in [0.25, 0.3) is 0 Å². The third-order valence-electron chi connectivity index (χ3n) is 5.82. The van der Waals surface area contributed by atoms with E-state index >= 15 is 0 Å². The number of sulfonamides is 1. The van der Waals surface area contributed by atoms with E-state index in [1.54, 1.807) is 0 Å². The molecule has 0 bridgehead atoms. The van der Waals surface area contributed by atoms with Gasteiger partial charge in [-0.1, -0.05) is 34.5 Å². The molecule has 0 spiro atoms. The molecule has 160 valence electrons. The van der Waals surface area contributed by atoms with Crippen LogP contribution in [0, 0.1) is 5.82 Å². The summed E-state index contributed by atoms with van der Waals surface area (Å²) in [6, 6.07) is 11.3. The number of nitrogens with one attached hydrogen (secondary N) is 1. The Labute approximate surface area is 183 Å². The molecule has 6 nitrogen and oxygen atoms in total. The van der Waals surface area contributed by atoms with Crippen LogP contribution in [-0.4, -0.2) is 44.9 Å². The zero-order valence-corrected chi connectivity index (χ0v) is 18.6. The van der Waals surface area contributed by atoms with Gasteiger partial charge in [-0.25, -0.2) is 12.8 Å². The van der Waals surface area contributed by atoms with Gasteiger partial charge in [0.2, 0.25) is 15.9 Å². The molecule has 2 aliphatic rings. The second-order valence-electron chi connectivity index (χ2n) is 7.56. The lowest BCUT2D eigenvalue weighted by molar-refractivity contribution is -0.124. The number of carbonyl (C=O) groups excluding carboxylic acids is 1. The second-order valence-corrected chi connectivity index (χ2v) is 10.4. The molecule has 2 aromatic rings. The SMILES string of the molecule is O=C(Nc1ccc(F)c(S(=O)(=O)N2CCOCC2)c1)C1(c2ccc(Br)cc2)CCC1. The van der Waals surface area contributed by atoms with Gasteiger partial charge >= 0.3 is 0 Å². The van der Waals surface area contributed by atoms with Crippen molar-refractivity contribution in [1.29, 1.82) is 0 Å². The Bertz CT molecular complexity index is 1050. The topological polar surface area (TPSA) is 75.7 Å². The van der Waals surface area contributed by atoms with Crippen LogP contribution in [-0.2, 0) is 25.0 Å². The molecule has 30 heavy (non-hydrogen) atoms. The number of nitrogens with zero attached hydrogens (tertiary/aromatic N) is 1. The summed E-state index contributed by atoms with van der Waals surface area (Å²) in [4.78, 5) is 12.7. The van der Waals surface area contributed by atoms with Crippen LogP contribution in [0.3, 0.4) is 0 Å². The van der Waals surface area contributed by atoms with Crippen molar-refractivity contribution >= 4 is 37.5 Å². The Balaban J connectivity index is 1.60. The number of hydrogen-bond acceptors (Lipinski definition) is 4. The number of halogens is 2. The summed E-state index contributed by atoms with van der Waals surface area (Å²) in [6.07, 6.45) is 2.35. The van der Waals surface area contributed by atoms with E-state index in [9.17, 15) is 17.6 Å². The first-order valence-corrected chi connectivity index (χ1v) is 12.0. The van der Waals surface area contributed by atoms with Crippen LogP contribution in [0.4, 0.5) is 10.1 Å². The fourth-order valence-electron chi connectivity index (χ4n) is 3.90. The highest BCUT2D eigenvalue weighted by Crippen LogP contribution is 2.45. The van der Waals surface area contributed by atoms with Crippen LogP contribution in [0.5, 0.6) is 0 Å². The van der Waals surface area contributed by atoms with E-state index < -0.39 is 26.2 Å². The summed E-state index contributed by atoms with van der Waals surface area (Å²) in [7, 11) is -4.01. The number of morpholine rings is 1. The summed E-state index contributed by atoms with van der Waals surface area (Å²) < 4.78 is 47.5. The molecule has 2 fully saturated rings. The molecule has 1 amide bonds. The Morgan fingerprint density at radius 1 is 1.10 bits per heavy atom. The number of carbonyl (C=O) groups is 1. The Hall–Kier alpha value is -1.81. The maximum Gasteiger partial charge on any atom is 0.246 e. The quantitative estimate of drug-likeness (QED) is 0.684. The van der Waals surface area contributed by atoms with Crippen molar-refractivity contribution in [3.63, 3.8) is 0 Å². The van der Waals surface area contributed by atoms with Crippen LogP contribution in [0.1, 0.15) is 24.8 Å². The molecule has 0 unspecified atom stereocenters. The summed E-state index contributed by atoms with van der Waals surface area (Å²) in [6.45, 7) is 0.885. The predicted octanol–water partition coefficient (Wildman–Crippen LogP) is 3.67. The number of hydrogen-bond donors (Lipinski definition) is 1. The molecular formula is C21H22BrFN2O4S. The molecule has 4 rings (SSSR count). The van der Waals surface area contributed by atoms with E-state index in [1.165, 1.54) is 16.4 Å². The number of anilines is 1. The summed E-state index contributed by atoms with van der Waals surface area (Å²) in [5.41, 5.74) is 0.521. The van der Waals surface area contributed by atoms with Gasteiger partial charge in [-0.05, 0) is 48.7 Å². The molecule has 0 aromatic heterocycles. The first-order valence-electron chi connectivity index (χ1n) is 9.78. The normalized spacial score (nSPS) is 19.1. The lowest BCUT2D eigenvalue weighted by Gasteiger charge is -2.40. The summed E-state index contributed by atoms with van der Waals surface area (Å²) >= 11 is 3.40. The van der Waals surface area contributed by atoms with Crippen molar-refractivity contribution in [3.8, 4) is 0 Å². The van der Waals surface area contributed by atoms with Gasteiger partial charge in [-0.2, -0.15) is 4.31 Å². The molecule has 1 saturated carbocycles. The van der Waals surface area contributed by atoms with E-state index in [0.29, 0.717) is 12.8 Å². The largest absolute Gasteiger partial charge is 0.379 e. The first kappa shape index (κ1) is 21.4. The molecule has 0 atom stereocenters. The van der Waals surface area contributed by atoms with Gasteiger partial charge < -0.3 is 10.1 Å². The molecule has 2 aromatic carbocycles. The van der Waals surface area contributed by atoms with E-state index in [2.05, 4.69) is 21.2 Å². The van der Waals surface area contributed by atoms with E-state index in [4.69, 9.17) is 4.74 Å². The number of ether oxygens (including phenoxy) is 1. The predicted molar refractivity (Wildman–Crippen MR) is 114 cm³/mol. The van der Waals surface area contributed by atoms with Crippen LogP contribution >= 0.6 is 15.9 Å². The fraction of sp³-hybridized carbons (Fsp3) is 0.381. The zero-order chi connectivity index (χ0) is 21.4. The molecule has 1 saturated heterocycles. The second kappa shape index (κ2) is 8.37. The highest BCUT2D eigenvalue weighted by atomic mass is 79.9. The van der Waals surface area contributed by atoms with Crippen molar-refractivity contribution in [2.75, 3.05) is 31.6 Å². The zero-order valence-electron chi connectivity index (χ0n) is 16.2. The smallest absolute Gasteiger partial charge is 0.246 e. The van der Waals surface area contributed by atoms with Crippen molar-refractivity contribution < 1.29 is 22.3 Å². The minimum absolute atomic E-state index is 0.172. The Morgan fingerprint density at radius 2 is 1.77 bits per heavy atom. The maximum absolute atomic E-state index is 14.4. The van der Waals surface area contributed by atoms with Gasteiger partial charge in [0.05, 0.1) is 18.6 Å². The molecule has 1 aliphatic carbocycles. The lowest BCUT2D eigenvalue weighted by atomic mass is 9.64. The monoisotopic (exact) mass is 496 g/mol. The third kappa shape index (κ3) is 3.91. The fourth-order valence-corrected chi connectivity index (χ4v) is 5.66. The van der Waals surface area contributed by atoms with E-state index in [0.717, 1.165) is 22.5 Å². The van der Waals surface area contributed by atoms with Crippen LogP contribution in [0.15, 0.2) is 51.8 Å². The average Bonchev–Trinajstić information content (AvgIpc) is 2.70. The standard InChI is InChI=1S/C21H22BrFN2O4S/c22-16-4-2-15(3-5-16)21(8-1-9-21)20(26)24-17-6-7-18(23)19(14-17)30(27,28)25-10-12-29-13-11-25/h2-7,14H,1,8-13H2,(H,24,26). The average molecular weight is 497 g/mol. The number of amides is 1. The number of benzene rings is 2. The highest BCUT2D eigenvalue weighted by molar-refractivity contribution is 9.10. The van der Waals surface area contributed by atoms with Gasteiger partial charge in [0.25, 0.3) is 0 Å². The molecule has 1 heterocycles. The lowest BCUT2D eigenvalue weighted by Crippen LogP contribution is -2.46. The van der Waals surface area contributed by atoms with Crippen LogP contribution < -0.4 is 5.32 Å². The first-order chi connectivity index (χ1) is 14.3. The minimum atomic E-state index is -4.01. The molecular weight excluding hydrogens is 475 g/mol. The maximum atomic E-state index is 14.4. The summed E-state index contributed by atoms with van der Waals surface area (Å²) in [5.74, 6) is -1.05.